The molecule has 0 aromatic heterocycles. The van der Waals surface area contributed by atoms with E-state index in [4.69, 9.17) is 0 Å². The Hall–Kier alpha value is -3.46. The number of para-hydroxylation sites is 1. The zero-order valence-electron chi connectivity index (χ0n) is 17.4. The second-order valence-corrected chi connectivity index (χ2v) is 8.57. The fourth-order valence-electron chi connectivity index (χ4n) is 5.77. The molecule has 3 aromatic carbocycles. The van der Waals surface area contributed by atoms with Crippen molar-refractivity contribution in [3.05, 3.63) is 114 Å². The third kappa shape index (κ3) is 2.88. The number of anilines is 1. The molecule has 1 aliphatic carbocycles. The molecule has 31 heavy (non-hydrogen) atoms. The van der Waals surface area contributed by atoms with E-state index >= 15 is 0 Å². The molecule has 1 heterocycles. The van der Waals surface area contributed by atoms with Gasteiger partial charge in [0.05, 0.1) is 12.0 Å². The Kier molecular flexibility index (Phi) is 4.82. The van der Waals surface area contributed by atoms with Gasteiger partial charge in [0, 0.05) is 17.5 Å². The van der Waals surface area contributed by atoms with Crippen molar-refractivity contribution in [1.29, 1.82) is 0 Å². The van der Waals surface area contributed by atoms with Gasteiger partial charge in [-0.05, 0) is 35.1 Å². The quantitative estimate of drug-likeness (QED) is 0.426. The number of allylic oxidation sites excluding steroid dienone is 1. The van der Waals surface area contributed by atoms with E-state index in [1.807, 2.05) is 89.8 Å². The van der Waals surface area contributed by atoms with E-state index in [9.17, 15) is 9.59 Å². The van der Waals surface area contributed by atoms with Crippen molar-refractivity contribution >= 4 is 17.9 Å². The molecule has 3 aromatic rings. The maximum atomic E-state index is 14.3. The van der Waals surface area contributed by atoms with Crippen LogP contribution in [0.3, 0.4) is 0 Å². The molecule has 1 fully saturated rings. The summed E-state index contributed by atoms with van der Waals surface area (Å²) in [6.07, 6.45) is 3.49. The fraction of sp³-hybridized carbons (Fsp3) is 0.214. The number of hydrogen-bond donors (Lipinski definition) is 0. The van der Waals surface area contributed by atoms with Crippen LogP contribution >= 0.6 is 0 Å². The molecule has 3 heteroatoms. The number of fused-ring (bicyclic) bond motifs is 2. The molecule has 0 bridgehead atoms. The molecule has 154 valence electrons. The molecule has 0 unspecified atom stereocenters. The lowest BCUT2D eigenvalue weighted by Gasteiger charge is -2.32. The van der Waals surface area contributed by atoms with Gasteiger partial charge in [0.1, 0.15) is 6.29 Å². The first-order chi connectivity index (χ1) is 15.2. The van der Waals surface area contributed by atoms with Gasteiger partial charge in [0.2, 0.25) is 5.91 Å². The second kappa shape index (κ2) is 7.66. The van der Waals surface area contributed by atoms with E-state index in [0.29, 0.717) is 13.0 Å². The van der Waals surface area contributed by atoms with Crippen LogP contribution in [0.1, 0.15) is 29.0 Å². The minimum Gasteiger partial charge on any atom is -0.307 e. The monoisotopic (exact) mass is 407 g/mol. The second-order valence-electron chi connectivity index (χ2n) is 8.57. The molecule has 0 radical (unpaired) electrons. The van der Waals surface area contributed by atoms with Gasteiger partial charge in [-0.15, -0.1) is 6.58 Å². The Morgan fingerprint density at radius 2 is 1.58 bits per heavy atom. The summed E-state index contributed by atoms with van der Waals surface area (Å²) >= 11 is 0. The molecule has 2 aliphatic rings. The van der Waals surface area contributed by atoms with Gasteiger partial charge in [0.15, 0.2) is 0 Å². The Labute approximate surface area is 183 Å². The van der Waals surface area contributed by atoms with Crippen LogP contribution in [0.2, 0.25) is 0 Å². The number of nitrogens with zero attached hydrogens (tertiary/aromatic N) is 1. The first kappa shape index (κ1) is 19.5. The highest BCUT2D eigenvalue weighted by molar-refractivity contribution is 6.09. The van der Waals surface area contributed by atoms with Crippen LogP contribution in [0.15, 0.2) is 97.6 Å². The number of amides is 1. The molecule has 1 amide bonds. The van der Waals surface area contributed by atoms with Crippen molar-refractivity contribution in [2.75, 3.05) is 4.90 Å². The minimum atomic E-state index is -0.767. The van der Waals surface area contributed by atoms with Crippen LogP contribution in [0.5, 0.6) is 0 Å². The van der Waals surface area contributed by atoms with Crippen molar-refractivity contribution in [2.24, 2.45) is 11.8 Å². The molecular formula is C28H25NO2. The minimum absolute atomic E-state index is 0.0450. The van der Waals surface area contributed by atoms with Gasteiger partial charge in [-0.2, -0.15) is 0 Å². The third-order valence-corrected chi connectivity index (χ3v) is 7.07. The normalized spacial score (nSPS) is 26.8. The van der Waals surface area contributed by atoms with Crippen LogP contribution < -0.4 is 4.90 Å². The maximum Gasteiger partial charge on any atom is 0.238 e. The lowest BCUT2D eigenvalue weighted by Crippen LogP contribution is -2.43. The summed E-state index contributed by atoms with van der Waals surface area (Å²) < 4.78 is 0. The zero-order valence-corrected chi connectivity index (χ0v) is 17.4. The average molecular weight is 408 g/mol. The summed E-state index contributed by atoms with van der Waals surface area (Å²) in [7, 11) is 0. The van der Waals surface area contributed by atoms with Crippen LogP contribution in [0.4, 0.5) is 5.69 Å². The lowest BCUT2D eigenvalue weighted by molar-refractivity contribution is -0.124. The SMILES string of the molecule is C=C[C@H]1C[C@@]2(C(=O)N(Cc3ccccc3)c3ccccc32)[C@H](c2ccccc2)[C@H]1C=O. The van der Waals surface area contributed by atoms with Crippen LogP contribution in [-0.4, -0.2) is 12.2 Å². The first-order valence-electron chi connectivity index (χ1n) is 10.8. The smallest absolute Gasteiger partial charge is 0.238 e. The Bertz CT molecular complexity index is 1120. The number of rotatable bonds is 5. The lowest BCUT2D eigenvalue weighted by atomic mass is 9.68. The standard InChI is InChI=1S/C28H25NO2/c1-2-21-17-28(26(23(21)19-30)22-13-7-4-8-14-22)24-15-9-10-16-25(24)29(27(28)31)18-20-11-5-3-6-12-20/h2-16,19,21,23,26H,1,17-18H2/t21-,23-,26+,28-/m0/s1. The van der Waals surface area contributed by atoms with Crippen LogP contribution in [-0.2, 0) is 21.5 Å². The Balaban J connectivity index is 1.70. The highest BCUT2D eigenvalue weighted by Crippen LogP contribution is 2.61. The van der Waals surface area contributed by atoms with E-state index < -0.39 is 5.41 Å². The van der Waals surface area contributed by atoms with Gasteiger partial charge in [0.25, 0.3) is 0 Å². The van der Waals surface area contributed by atoms with E-state index in [1.54, 1.807) is 0 Å². The van der Waals surface area contributed by atoms with Gasteiger partial charge in [-0.25, -0.2) is 0 Å². The molecule has 1 saturated carbocycles. The number of hydrogen-bond acceptors (Lipinski definition) is 2. The van der Waals surface area contributed by atoms with Crippen molar-refractivity contribution in [3.63, 3.8) is 0 Å². The molecule has 0 N–H and O–H groups in total. The number of carbonyl (C=O) groups is 2. The fourth-order valence-corrected chi connectivity index (χ4v) is 5.77. The van der Waals surface area contributed by atoms with Crippen molar-refractivity contribution in [1.82, 2.24) is 0 Å². The average Bonchev–Trinajstić information content (AvgIpc) is 3.29. The Morgan fingerprint density at radius 1 is 0.935 bits per heavy atom. The van der Waals surface area contributed by atoms with Crippen LogP contribution in [0.25, 0.3) is 0 Å². The largest absolute Gasteiger partial charge is 0.307 e. The Morgan fingerprint density at radius 3 is 2.26 bits per heavy atom. The highest BCUT2D eigenvalue weighted by Gasteiger charge is 2.63. The molecule has 0 saturated heterocycles. The van der Waals surface area contributed by atoms with Gasteiger partial charge in [-0.1, -0.05) is 84.9 Å². The summed E-state index contributed by atoms with van der Waals surface area (Å²) in [5.41, 5.74) is 3.34. The van der Waals surface area contributed by atoms with Crippen molar-refractivity contribution in [2.45, 2.75) is 24.3 Å². The number of carbonyl (C=O) groups excluding carboxylic acids is 2. The molecular weight excluding hydrogens is 382 g/mol. The van der Waals surface area contributed by atoms with E-state index in [1.165, 1.54) is 0 Å². The van der Waals surface area contributed by atoms with E-state index in [2.05, 4.69) is 12.6 Å². The summed E-state index contributed by atoms with van der Waals surface area (Å²) in [6.45, 7) is 4.53. The molecule has 1 spiro atoms. The predicted molar refractivity (Wildman–Crippen MR) is 123 cm³/mol. The van der Waals surface area contributed by atoms with Gasteiger partial charge in [-0.3, -0.25) is 4.79 Å². The van der Waals surface area contributed by atoms with E-state index in [0.717, 1.165) is 28.7 Å². The highest BCUT2D eigenvalue weighted by atomic mass is 16.2. The summed E-state index contributed by atoms with van der Waals surface area (Å²) in [5.74, 6) is -0.462. The van der Waals surface area contributed by atoms with Crippen molar-refractivity contribution < 1.29 is 9.59 Å². The molecule has 3 nitrogen and oxygen atoms in total. The third-order valence-electron chi connectivity index (χ3n) is 7.07. The summed E-state index contributed by atoms with van der Waals surface area (Å²) in [4.78, 5) is 28.5. The number of aldehydes is 1. The molecule has 1 aliphatic heterocycles. The summed E-state index contributed by atoms with van der Waals surface area (Å²) in [6, 6.07) is 28.2. The molecule has 4 atom stereocenters. The van der Waals surface area contributed by atoms with Gasteiger partial charge >= 0.3 is 0 Å². The summed E-state index contributed by atoms with van der Waals surface area (Å²) in [5, 5.41) is 0. The first-order valence-corrected chi connectivity index (χ1v) is 10.8. The topological polar surface area (TPSA) is 37.4 Å². The molecule has 5 rings (SSSR count). The van der Waals surface area contributed by atoms with Gasteiger partial charge < -0.3 is 9.69 Å². The zero-order chi connectivity index (χ0) is 21.4. The van der Waals surface area contributed by atoms with Crippen molar-refractivity contribution in [3.8, 4) is 0 Å². The van der Waals surface area contributed by atoms with E-state index in [-0.39, 0.29) is 23.7 Å². The van der Waals surface area contributed by atoms with Crippen LogP contribution in [0, 0.1) is 11.8 Å². The number of benzene rings is 3. The predicted octanol–water partition coefficient (Wildman–Crippen LogP) is 5.28. The maximum absolute atomic E-state index is 14.3.